The number of hydrogen-bond acceptors (Lipinski definition) is 5. The SMILES string of the molecule is COC(=O)C(C)CN(Cc1ccccc1)C(=O)Cc1ccc([N+](=O)[O-])cc1. The molecule has 1 atom stereocenters. The van der Waals surface area contributed by atoms with Gasteiger partial charge in [0.1, 0.15) is 0 Å². The summed E-state index contributed by atoms with van der Waals surface area (Å²) in [6.07, 6.45) is 0.0960. The molecule has 0 aliphatic carbocycles. The lowest BCUT2D eigenvalue weighted by Crippen LogP contribution is -2.37. The maximum atomic E-state index is 12.8. The van der Waals surface area contributed by atoms with Gasteiger partial charge in [0.05, 0.1) is 24.4 Å². The molecule has 7 heteroatoms. The molecule has 0 heterocycles. The second-order valence-corrected chi connectivity index (χ2v) is 6.28. The summed E-state index contributed by atoms with van der Waals surface area (Å²) in [5.74, 6) is -1.00. The fraction of sp³-hybridized carbons (Fsp3) is 0.300. The first-order chi connectivity index (χ1) is 12.9. The number of benzene rings is 2. The topological polar surface area (TPSA) is 89.8 Å². The van der Waals surface area contributed by atoms with Gasteiger partial charge in [0, 0.05) is 25.2 Å². The summed E-state index contributed by atoms with van der Waals surface area (Å²) in [6, 6.07) is 15.4. The molecule has 142 valence electrons. The van der Waals surface area contributed by atoms with Gasteiger partial charge in [-0.15, -0.1) is 0 Å². The number of carbonyl (C=O) groups is 2. The van der Waals surface area contributed by atoms with E-state index in [0.717, 1.165) is 5.56 Å². The molecular weight excluding hydrogens is 348 g/mol. The van der Waals surface area contributed by atoms with E-state index < -0.39 is 10.8 Å². The van der Waals surface area contributed by atoms with Crippen LogP contribution >= 0.6 is 0 Å². The van der Waals surface area contributed by atoms with Crippen molar-refractivity contribution in [3.63, 3.8) is 0 Å². The molecular formula is C20H22N2O5. The van der Waals surface area contributed by atoms with Crippen LogP contribution in [0.1, 0.15) is 18.1 Å². The summed E-state index contributed by atoms with van der Waals surface area (Å²) in [6.45, 7) is 2.31. The van der Waals surface area contributed by atoms with Crippen molar-refractivity contribution >= 4 is 17.6 Å². The van der Waals surface area contributed by atoms with Crippen molar-refractivity contribution in [1.82, 2.24) is 4.90 Å². The van der Waals surface area contributed by atoms with Crippen LogP contribution < -0.4 is 0 Å². The summed E-state index contributed by atoms with van der Waals surface area (Å²) < 4.78 is 4.76. The number of nitro groups is 1. The Kier molecular flexibility index (Phi) is 7.05. The van der Waals surface area contributed by atoms with Crippen molar-refractivity contribution in [3.8, 4) is 0 Å². The molecule has 2 aromatic rings. The predicted octanol–water partition coefficient (Wildman–Crippen LogP) is 2.98. The molecule has 0 spiro atoms. The molecule has 0 radical (unpaired) electrons. The lowest BCUT2D eigenvalue weighted by atomic mass is 10.1. The van der Waals surface area contributed by atoms with Crippen LogP contribution in [0.25, 0.3) is 0 Å². The molecule has 0 saturated heterocycles. The van der Waals surface area contributed by atoms with Gasteiger partial charge in [-0.05, 0) is 11.1 Å². The monoisotopic (exact) mass is 370 g/mol. The number of esters is 1. The van der Waals surface area contributed by atoms with E-state index >= 15 is 0 Å². The van der Waals surface area contributed by atoms with Gasteiger partial charge in [0.25, 0.3) is 5.69 Å². The van der Waals surface area contributed by atoms with Crippen molar-refractivity contribution in [3.05, 3.63) is 75.8 Å². The van der Waals surface area contributed by atoms with E-state index in [2.05, 4.69) is 0 Å². The molecule has 1 unspecified atom stereocenters. The third-order valence-electron chi connectivity index (χ3n) is 4.17. The van der Waals surface area contributed by atoms with Gasteiger partial charge in [-0.1, -0.05) is 49.4 Å². The zero-order valence-electron chi connectivity index (χ0n) is 15.3. The van der Waals surface area contributed by atoms with E-state index in [-0.39, 0.29) is 30.5 Å². The molecule has 0 aliphatic rings. The van der Waals surface area contributed by atoms with Gasteiger partial charge in [0.15, 0.2) is 0 Å². The van der Waals surface area contributed by atoms with Gasteiger partial charge < -0.3 is 9.64 Å². The molecule has 0 N–H and O–H groups in total. The van der Waals surface area contributed by atoms with Crippen molar-refractivity contribution in [2.45, 2.75) is 19.9 Å². The Bertz CT molecular complexity index is 790. The molecule has 2 aromatic carbocycles. The van der Waals surface area contributed by atoms with Crippen LogP contribution in [0.3, 0.4) is 0 Å². The summed E-state index contributed by atoms with van der Waals surface area (Å²) in [4.78, 5) is 36.5. The van der Waals surface area contributed by atoms with Gasteiger partial charge in [-0.25, -0.2) is 0 Å². The van der Waals surface area contributed by atoms with E-state index in [9.17, 15) is 19.7 Å². The molecule has 0 fully saturated rings. The van der Waals surface area contributed by atoms with Crippen LogP contribution in [0.15, 0.2) is 54.6 Å². The number of rotatable bonds is 8. The Morgan fingerprint density at radius 2 is 1.70 bits per heavy atom. The minimum Gasteiger partial charge on any atom is -0.469 e. The highest BCUT2D eigenvalue weighted by atomic mass is 16.6. The number of hydrogen-bond donors (Lipinski definition) is 0. The number of non-ortho nitro benzene ring substituents is 1. The number of carbonyl (C=O) groups excluding carboxylic acids is 2. The summed E-state index contributed by atoms with van der Waals surface area (Å²) in [5.41, 5.74) is 1.60. The van der Waals surface area contributed by atoms with Crippen molar-refractivity contribution in [2.24, 2.45) is 5.92 Å². The molecule has 1 amide bonds. The second-order valence-electron chi connectivity index (χ2n) is 6.28. The highest BCUT2D eigenvalue weighted by Gasteiger charge is 2.22. The number of nitro benzene ring substituents is 1. The molecule has 0 saturated carbocycles. The zero-order chi connectivity index (χ0) is 19.8. The third kappa shape index (κ3) is 5.91. The summed E-state index contributed by atoms with van der Waals surface area (Å²) >= 11 is 0. The largest absolute Gasteiger partial charge is 0.469 e. The fourth-order valence-electron chi connectivity index (χ4n) is 2.69. The van der Waals surface area contributed by atoms with Crippen molar-refractivity contribution in [2.75, 3.05) is 13.7 Å². The minimum atomic E-state index is -0.481. The zero-order valence-corrected chi connectivity index (χ0v) is 15.3. The second kappa shape index (κ2) is 9.47. The van der Waals surface area contributed by atoms with Crippen LogP contribution in [-0.4, -0.2) is 35.4 Å². The smallest absolute Gasteiger partial charge is 0.310 e. The Hall–Kier alpha value is -3.22. The summed E-state index contributed by atoms with van der Waals surface area (Å²) in [7, 11) is 1.32. The number of methoxy groups -OCH3 is 1. The molecule has 0 bridgehead atoms. The van der Waals surface area contributed by atoms with Crippen LogP contribution in [0.2, 0.25) is 0 Å². The molecule has 0 aliphatic heterocycles. The maximum Gasteiger partial charge on any atom is 0.310 e. The fourth-order valence-corrected chi connectivity index (χ4v) is 2.69. The molecule has 0 aromatic heterocycles. The van der Waals surface area contributed by atoms with Crippen LogP contribution in [0.5, 0.6) is 0 Å². The minimum absolute atomic E-state index is 0.0216. The first-order valence-corrected chi connectivity index (χ1v) is 8.53. The van der Waals surface area contributed by atoms with Crippen LogP contribution in [0, 0.1) is 16.0 Å². The predicted molar refractivity (Wildman–Crippen MR) is 99.8 cm³/mol. The number of amides is 1. The Labute approximate surface area is 157 Å². The van der Waals surface area contributed by atoms with E-state index in [1.54, 1.807) is 24.0 Å². The average molecular weight is 370 g/mol. The lowest BCUT2D eigenvalue weighted by molar-refractivity contribution is -0.384. The first kappa shape index (κ1) is 20.1. The highest BCUT2D eigenvalue weighted by Crippen LogP contribution is 2.15. The Morgan fingerprint density at radius 3 is 2.26 bits per heavy atom. The summed E-state index contributed by atoms with van der Waals surface area (Å²) in [5, 5.41) is 10.7. The molecule has 2 rings (SSSR count). The van der Waals surface area contributed by atoms with Gasteiger partial charge in [-0.2, -0.15) is 0 Å². The van der Waals surface area contributed by atoms with E-state index in [4.69, 9.17) is 4.74 Å². The van der Waals surface area contributed by atoms with Gasteiger partial charge in [-0.3, -0.25) is 19.7 Å². The molecule has 7 nitrogen and oxygen atoms in total. The number of nitrogens with zero attached hydrogens (tertiary/aromatic N) is 2. The highest BCUT2D eigenvalue weighted by molar-refractivity contribution is 5.80. The van der Waals surface area contributed by atoms with E-state index in [0.29, 0.717) is 12.1 Å². The third-order valence-corrected chi connectivity index (χ3v) is 4.17. The van der Waals surface area contributed by atoms with Gasteiger partial charge in [0.2, 0.25) is 5.91 Å². The van der Waals surface area contributed by atoms with Crippen LogP contribution in [0.4, 0.5) is 5.69 Å². The maximum absolute atomic E-state index is 12.8. The molecule has 27 heavy (non-hydrogen) atoms. The van der Waals surface area contributed by atoms with Gasteiger partial charge >= 0.3 is 5.97 Å². The number of ether oxygens (including phenoxy) is 1. The average Bonchev–Trinajstić information content (AvgIpc) is 2.67. The standard InChI is InChI=1S/C20H22N2O5/c1-15(20(24)27-2)13-21(14-17-6-4-3-5-7-17)19(23)12-16-8-10-18(11-9-16)22(25)26/h3-11,15H,12-14H2,1-2H3. The van der Waals surface area contributed by atoms with Crippen molar-refractivity contribution < 1.29 is 19.2 Å². The van der Waals surface area contributed by atoms with E-state index in [1.165, 1.54) is 19.2 Å². The van der Waals surface area contributed by atoms with E-state index in [1.807, 2.05) is 30.3 Å². The lowest BCUT2D eigenvalue weighted by Gasteiger charge is -2.25. The first-order valence-electron chi connectivity index (χ1n) is 8.53. The Morgan fingerprint density at radius 1 is 1.07 bits per heavy atom. The normalized spacial score (nSPS) is 11.5. The van der Waals surface area contributed by atoms with Crippen LogP contribution in [-0.2, 0) is 27.3 Å². The van der Waals surface area contributed by atoms with Crippen molar-refractivity contribution in [1.29, 1.82) is 0 Å². The quantitative estimate of drug-likeness (QED) is 0.405. The Balaban J connectivity index is 2.13.